The van der Waals surface area contributed by atoms with E-state index in [9.17, 15) is 13.8 Å². The highest BCUT2D eigenvalue weighted by Gasteiger charge is 2.11. The van der Waals surface area contributed by atoms with E-state index in [1.165, 1.54) is 0 Å². The Bertz CT molecular complexity index is 463. The molecule has 0 saturated carbocycles. The maximum atomic E-state index is 11.4. The number of halogens is 1. The Morgan fingerprint density at radius 3 is 2.65 bits per heavy atom. The molecule has 1 atom stereocenters. The van der Waals surface area contributed by atoms with Gasteiger partial charge in [0.1, 0.15) is 11.5 Å². The summed E-state index contributed by atoms with van der Waals surface area (Å²) in [5.74, 6) is -2.59. The van der Waals surface area contributed by atoms with E-state index in [1.807, 2.05) is 0 Å². The van der Waals surface area contributed by atoms with Crippen LogP contribution >= 0.6 is 11.6 Å². The molecule has 1 rings (SSSR count). The number of carboxylic acid groups (broad SMARTS) is 1. The van der Waals surface area contributed by atoms with Crippen molar-refractivity contribution in [3.05, 3.63) is 29.3 Å². The number of hydrogen-bond donors (Lipinski definition) is 2. The third kappa shape index (κ3) is 5.46. The molecule has 0 saturated heterocycles. The topological polar surface area (TPSA) is 83.5 Å². The molecule has 0 aromatic heterocycles. The lowest BCUT2D eigenvalue weighted by atomic mass is 10.3. The van der Waals surface area contributed by atoms with Gasteiger partial charge in [0, 0.05) is 21.5 Å². The average molecular weight is 276 g/mol. The first-order chi connectivity index (χ1) is 7.97. The monoisotopic (exact) mass is 275 g/mol. The smallest absolute Gasteiger partial charge is 0.316 e. The van der Waals surface area contributed by atoms with Gasteiger partial charge < -0.3 is 10.4 Å². The number of rotatable bonds is 5. The van der Waals surface area contributed by atoms with Crippen LogP contribution in [0.15, 0.2) is 24.3 Å². The lowest BCUT2D eigenvalue weighted by molar-refractivity contribution is -0.133. The summed E-state index contributed by atoms with van der Waals surface area (Å²) in [6.45, 7) is 0. The molecule has 17 heavy (non-hydrogen) atoms. The summed E-state index contributed by atoms with van der Waals surface area (Å²) in [6, 6.07) is 6.48. The quantitative estimate of drug-likeness (QED) is 0.843. The molecule has 0 unspecified atom stereocenters. The first-order valence-electron chi connectivity index (χ1n) is 4.59. The zero-order chi connectivity index (χ0) is 12.8. The van der Waals surface area contributed by atoms with Crippen molar-refractivity contribution in [3.8, 4) is 0 Å². The number of carbonyl (C=O) groups excluding carboxylic acids is 1. The molecule has 1 aromatic rings. The van der Waals surface area contributed by atoms with Gasteiger partial charge in [0.25, 0.3) is 0 Å². The van der Waals surface area contributed by atoms with Gasteiger partial charge in [-0.2, -0.15) is 0 Å². The highest BCUT2D eigenvalue weighted by atomic mass is 35.5. The second-order valence-corrected chi connectivity index (χ2v) is 5.07. The van der Waals surface area contributed by atoms with Gasteiger partial charge in [-0.25, -0.2) is 0 Å². The maximum absolute atomic E-state index is 11.4. The minimum absolute atomic E-state index is 0.348. The summed E-state index contributed by atoms with van der Waals surface area (Å²) in [5.41, 5.74) is 0.481. The molecule has 1 amide bonds. The first-order valence-corrected chi connectivity index (χ1v) is 6.46. The summed E-state index contributed by atoms with van der Waals surface area (Å²) < 4.78 is 11.2. The van der Waals surface area contributed by atoms with Crippen LogP contribution < -0.4 is 5.32 Å². The molecule has 0 radical (unpaired) electrons. The highest BCUT2D eigenvalue weighted by Crippen LogP contribution is 2.14. The fourth-order valence-electron chi connectivity index (χ4n) is 1.10. The van der Waals surface area contributed by atoms with Crippen molar-refractivity contribution in [2.24, 2.45) is 0 Å². The minimum atomic E-state index is -1.70. The van der Waals surface area contributed by atoms with Crippen LogP contribution in [0.4, 0.5) is 5.69 Å². The van der Waals surface area contributed by atoms with E-state index in [0.717, 1.165) is 0 Å². The van der Waals surface area contributed by atoms with Crippen molar-refractivity contribution >= 4 is 40.0 Å². The van der Waals surface area contributed by atoms with Gasteiger partial charge in [-0.05, 0) is 18.2 Å². The zero-order valence-corrected chi connectivity index (χ0v) is 10.3. The Kier molecular flexibility index (Phi) is 5.11. The van der Waals surface area contributed by atoms with Crippen LogP contribution in [0.2, 0.25) is 5.02 Å². The largest absolute Gasteiger partial charge is 0.481 e. The third-order valence-electron chi connectivity index (χ3n) is 1.68. The SMILES string of the molecule is O=C(O)C[S@](=O)CC(=O)Nc1cccc(Cl)c1. The molecule has 0 aliphatic rings. The molecule has 0 spiro atoms. The molecule has 2 N–H and O–H groups in total. The number of hydrogen-bond acceptors (Lipinski definition) is 3. The number of carbonyl (C=O) groups is 2. The Balaban J connectivity index is 2.50. The number of benzene rings is 1. The molecule has 0 fully saturated rings. The summed E-state index contributed by atoms with van der Waals surface area (Å²) in [7, 11) is -1.70. The van der Waals surface area contributed by atoms with Crippen LogP contribution in [-0.4, -0.2) is 32.7 Å². The average Bonchev–Trinajstić information content (AvgIpc) is 2.14. The van der Waals surface area contributed by atoms with Crippen LogP contribution in [0.3, 0.4) is 0 Å². The van der Waals surface area contributed by atoms with Gasteiger partial charge in [-0.1, -0.05) is 17.7 Å². The number of anilines is 1. The Morgan fingerprint density at radius 2 is 2.06 bits per heavy atom. The minimum Gasteiger partial charge on any atom is -0.481 e. The molecule has 0 bridgehead atoms. The zero-order valence-electron chi connectivity index (χ0n) is 8.68. The van der Waals surface area contributed by atoms with Crippen LogP contribution in [0.1, 0.15) is 0 Å². The predicted molar refractivity (Wildman–Crippen MR) is 65.6 cm³/mol. The van der Waals surface area contributed by atoms with E-state index in [2.05, 4.69) is 5.32 Å². The van der Waals surface area contributed by atoms with Crippen LogP contribution in [0.5, 0.6) is 0 Å². The summed E-state index contributed by atoms with van der Waals surface area (Å²) in [6.07, 6.45) is 0. The van der Waals surface area contributed by atoms with Crippen molar-refractivity contribution in [1.29, 1.82) is 0 Å². The molecule has 0 aliphatic carbocycles. The van der Waals surface area contributed by atoms with Gasteiger partial charge in [-0.3, -0.25) is 13.8 Å². The van der Waals surface area contributed by atoms with Crippen molar-refractivity contribution in [1.82, 2.24) is 0 Å². The van der Waals surface area contributed by atoms with Gasteiger partial charge in [0.05, 0.1) is 0 Å². The van der Waals surface area contributed by atoms with Crippen LogP contribution in [-0.2, 0) is 20.4 Å². The fourth-order valence-corrected chi connectivity index (χ4v) is 2.03. The molecule has 7 heteroatoms. The third-order valence-corrected chi connectivity index (χ3v) is 3.07. The molecule has 5 nitrogen and oxygen atoms in total. The molecule has 1 aromatic carbocycles. The van der Waals surface area contributed by atoms with E-state index in [0.29, 0.717) is 10.7 Å². The van der Waals surface area contributed by atoms with Crippen molar-refractivity contribution in [2.45, 2.75) is 0 Å². The molecule has 92 valence electrons. The lowest BCUT2D eigenvalue weighted by Gasteiger charge is -2.04. The van der Waals surface area contributed by atoms with E-state index < -0.39 is 28.4 Å². The first kappa shape index (κ1) is 13.7. The Hall–Kier alpha value is -1.40. The molecule has 0 aliphatic heterocycles. The molecule has 0 heterocycles. The van der Waals surface area contributed by atoms with Crippen molar-refractivity contribution < 1.29 is 18.9 Å². The van der Waals surface area contributed by atoms with Crippen molar-refractivity contribution in [2.75, 3.05) is 16.8 Å². The van der Waals surface area contributed by atoms with E-state index in [4.69, 9.17) is 16.7 Å². The van der Waals surface area contributed by atoms with Crippen LogP contribution in [0.25, 0.3) is 0 Å². The number of aliphatic carboxylic acids is 1. The summed E-state index contributed by atoms with van der Waals surface area (Å²) in [5, 5.41) is 11.3. The Labute approximate surface area is 105 Å². The van der Waals surface area contributed by atoms with Gasteiger partial charge in [-0.15, -0.1) is 0 Å². The fraction of sp³-hybridized carbons (Fsp3) is 0.200. The predicted octanol–water partition coefficient (Wildman–Crippen LogP) is 1.11. The number of amides is 1. The normalized spacial score (nSPS) is 11.8. The molecular weight excluding hydrogens is 266 g/mol. The van der Waals surface area contributed by atoms with Crippen LogP contribution in [0, 0.1) is 0 Å². The van der Waals surface area contributed by atoms with E-state index >= 15 is 0 Å². The van der Waals surface area contributed by atoms with Gasteiger partial charge >= 0.3 is 5.97 Å². The second-order valence-electron chi connectivity index (χ2n) is 3.18. The van der Waals surface area contributed by atoms with Gasteiger partial charge in [0.15, 0.2) is 0 Å². The number of nitrogens with one attached hydrogen (secondary N) is 1. The van der Waals surface area contributed by atoms with Gasteiger partial charge in [0.2, 0.25) is 5.91 Å². The van der Waals surface area contributed by atoms with E-state index in [-0.39, 0.29) is 5.75 Å². The standard InChI is InChI=1S/C10H10ClNO4S/c11-7-2-1-3-8(4-7)12-9(13)5-17(16)6-10(14)15/h1-4H,5-6H2,(H,12,13)(H,14,15)/t17-/m1/s1. The molecular formula is C10H10ClNO4S. The number of carboxylic acids is 1. The lowest BCUT2D eigenvalue weighted by Crippen LogP contribution is -2.23. The summed E-state index contributed by atoms with van der Waals surface area (Å²) in [4.78, 5) is 21.6. The Morgan fingerprint density at radius 1 is 1.35 bits per heavy atom. The summed E-state index contributed by atoms with van der Waals surface area (Å²) >= 11 is 5.71. The highest BCUT2D eigenvalue weighted by molar-refractivity contribution is 7.86. The van der Waals surface area contributed by atoms with E-state index in [1.54, 1.807) is 24.3 Å². The maximum Gasteiger partial charge on any atom is 0.316 e. The second kappa shape index (κ2) is 6.36. The van der Waals surface area contributed by atoms with Crippen molar-refractivity contribution in [3.63, 3.8) is 0 Å².